The monoisotopic (exact) mass is 177 g/mol. The highest BCUT2D eigenvalue weighted by Crippen LogP contribution is 2.28. The molecule has 1 aromatic carbocycles. The Balaban J connectivity index is 2.30. The van der Waals surface area contributed by atoms with Gasteiger partial charge in [0.2, 0.25) is 0 Å². The van der Waals surface area contributed by atoms with Gasteiger partial charge in [-0.15, -0.1) is 0 Å². The lowest BCUT2D eigenvalue weighted by atomic mass is 10.0. The van der Waals surface area contributed by atoms with Crippen molar-refractivity contribution in [2.45, 2.75) is 25.8 Å². The molecule has 0 aromatic heterocycles. The van der Waals surface area contributed by atoms with Crippen molar-refractivity contribution in [1.29, 1.82) is 0 Å². The molecular formula is C11H15NO. The van der Waals surface area contributed by atoms with E-state index in [1.165, 1.54) is 11.1 Å². The molecule has 2 rings (SSSR count). The van der Waals surface area contributed by atoms with Crippen molar-refractivity contribution >= 4 is 0 Å². The van der Waals surface area contributed by atoms with E-state index < -0.39 is 0 Å². The van der Waals surface area contributed by atoms with E-state index in [1.807, 2.05) is 6.07 Å². The number of benzene rings is 1. The summed E-state index contributed by atoms with van der Waals surface area (Å²) in [5.41, 5.74) is 8.48. The lowest BCUT2D eigenvalue weighted by molar-refractivity contribution is 0.357. The van der Waals surface area contributed by atoms with Crippen LogP contribution >= 0.6 is 0 Å². The van der Waals surface area contributed by atoms with E-state index in [4.69, 9.17) is 10.5 Å². The zero-order valence-corrected chi connectivity index (χ0v) is 7.92. The molecule has 1 heterocycles. The Morgan fingerprint density at radius 2 is 2.38 bits per heavy atom. The quantitative estimate of drug-likeness (QED) is 0.750. The average Bonchev–Trinajstić information content (AvgIpc) is 2.63. The third-order valence-electron chi connectivity index (χ3n) is 2.58. The summed E-state index contributed by atoms with van der Waals surface area (Å²) in [5, 5.41) is 0. The van der Waals surface area contributed by atoms with E-state index in [2.05, 4.69) is 19.1 Å². The minimum absolute atomic E-state index is 0.172. The summed E-state index contributed by atoms with van der Waals surface area (Å²) in [5.74, 6) is 1.03. The number of hydrogen-bond donors (Lipinski definition) is 1. The van der Waals surface area contributed by atoms with Gasteiger partial charge in [-0.3, -0.25) is 0 Å². The SMILES string of the molecule is CC[C@@H](N)c1ccc2c(c1)CCO2. The van der Waals surface area contributed by atoms with Gasteiger partial charge in [0.1, 0.15) is 5.75 Å². The molecule has 0 saturated carbocycles. The maximum absolute atomic E-state index is 5.95. The topological polar surface area (TPSA) is 35.2 Å². The first-order valence-corrected chi connectivity index (χ1v) is 4.82. The van der Waals surface area contributed by atoms with E-state index in [0.717, 1.165) is 25.2 Å². The Hall–Kier alpha value is -1.02. The molecule has 1 atom stereocenters. The Morgan fingerprint density at radius 3 is 3.15 bits per heavy atom. The van der Waals surface area contributed by atoms with Crippen molar-refractivity contribution in [3.63, 3.8) is 0 Å². The highest BCUT2D eigenvalue weighted by molar-refractivity contribution is 5.40. The molecule has 0 fully saturated rings. The molecule has 0 spiro atoms. The average molecular weight is 177 g/mol. The molecule has 2 nitrogen and oxygen atoms in total. The predicted octanol–water partition coefficient (Wildman–Crippen LogP) is 2.03. The maximum atomic E-state index is 5.95. The number of fused-ring (bicyclic) bond motifs is 1. The third-order valence-corrected chi connectivity index (χ3v) is 2.58. The molecular weight excluding hydrogens is 162 g/mol. The fourth-order valence-electron chi connectivity index (χ4n) is 1.67. The Kier molecular flexibility index (Phi) is 2.23. The highest BCUT2D eigenvalue weighted by atomic mass is 16.5. The van der Waals surface area contributed by atoms with Crippen LogP contribution in [0.25, 0.3) is 0 Å². The molecule has 1 aromatic rings. The Labute approximate surface area is 78.7 Å². The Bertz CT molecular complexity index is 309. The van der Waals surface area contributed by atoms with Crippen LogP contribution in [-0.2, 0) is 6.42 Å². The van der Waals surface area contributed by atoms with Crippen molar-refractivity contribution < 1.29 is 4.74 Å². The molecule has 0 aliphatic carbocycles. The smallest absolute Gasteiger partial charge is 0.122 e. The second kappa shape index (κ2) is 3.38. The van der Waals surface area contributed by atoms with Crippen LogP contribution in [0.2, 0.25) is 0 Å². The summed E-state index contributed by atoms with van der Waals surface area (Å²) in [6.45, 7) is 2.93. The van der Waals surface area contributed by atoms with Gasteiger partial charge in [0.25, 0.3) is 0 Å². The number of ether oxygens (including phenoxy) is 1. The zero-order chi connectivity index (χ0) is 9.26. The van der Waals surface area contributed by atoms with Gasteiger partial charge in [-0.05, 0) is 23.6 Å². The predicted molar refractivity (Wildman–Crippen MR) is 52.9 cm³/mol. The van der Waals surface area contributed by atoms with Gasteiger partial charge < -0.3 is 10.5 Å². The van der Waals surface area contributed by atoms with Crippen molar-refractivity contribution in [2.24, 2.45) is 5.73 Å². The largest absolute Gasteiger partial charge is 0.493 e. The highest BCUT2D eigenvalue weighted by Gasteiger charge is 2.13. The summed E-state index contributed by atoms with van der Waals surface area (Å²) in [4.78, 5) is 0. The van der Waals surface area contributed by atoms with Crippen LogP contribution in [0.3, 0.4) is 0 Å². The summed E-state index contributed by atoms with van der Waals surface area (Å²) in [6.07, 6.45) is 2.01. The molecule has 0 unspecified atom stereocenters. The van der Waals surface area contributed by atoms with Crippen LogP contribution in [0.15, 0.2) is 18.2 Å². The fraction of sp³-hybridized carbons (Fsp3) is 0.455. The van der Waals surface area contributed by atoms with Gasteiger partial charge >= 0.3 is 0 Å². The van der Waals surface area contributed by atoms with Gasteiger partial charge in [0, 0.05) is 12.5 Å². The van der Waals surface area contributed by atoms with Crippen molar-refractivity contribution in [3.8, 4) is 5.75 Å². The summed E-state index contributed by atoms with van der Waals surface area (Å²) in [7, 11) is 0. The molecule has 13 heavy (non-hydrogen) atoms. The first-order chi connectivity index (χ1) is 6.31. The van der Waals surface area contributed by atoms with Crippen molar-refractivity contribution in [1.82, 2.24) is 0 Å². The van der Waals surface area contributed by atoms with Crippen LogP contribution in [0.1, 0.15) is 30.5 Å². The third kappa shape index (κ3) is 1.54. The van der Waals surface area contributed by atoms with Crippen molar-refractivity contribution in [2.75, 3.05) is 6.61 Å². The van der Waals surface area contributed by atoms with Gasteiger partial charge in [0.15, 0.2) is 0 Å². The molecule has 1 aliphatic heterocycles. The van der Waals surface area contributed by atoms with Gasteiger partial charge in [0.05, 0.1) is 6.61 Å². The summed E-state index contributed by atoms with van der Waals surface area (Å²) in [6, 6.07) is 6.45. The number of nitrogens with two attached hydrogens (primary N) is 1. The van der Waals surface area contributed by atoms with Crippen molar-refractivity contribution in [3.05, 3.63) is 29.3 Å². The maximum Gasteiger partial charge on any atom is 0.122 e. The van der Waals surface area contributed by atoms with E-state index in [-0.39, 0.29) is 6.04 Å². The minimum Gasteiger partial charge on any atom is -0.493 e. The Morgan fingerprint density at radius 1 is 1.54 bits per heavy atom. The van der Waals surface area contributed by atoms with E-state index in [0.29, 0.717) is 0 Å². The fourth-order valence-corrected chi connectivity index (χ4v) is 1.67. The standard InChI is InChI=1S/C11H15NO/c1-2-10(12)8-3-4-11-9(7-8)5-6-13-11/h3-4,7,10H,2,5-6,12H2,1H3/t10-/m1/s1. The normalized spacial score (nSPS) is 16.5. The number of rotatable bonds is 2. The van der Waals surface area contributed by atoms with Gasteiger partial charge in [-0.2, -0.15) is 0 Å². The molecule has 0 bridgehead atoms. The second-order valence-electron chi connectivity index (χ2n) is 3.48. The molecule has 0 radical (unpaired) electrons. The van der Waals surface area contributed by atoms with Gasteiger partial charge in [-0.1, -0.05) is 19.1 Å². The van der Waals surface area contributed by atoms with E-state index in [1.54, 1.807) is 0 Å². The molecule has 0 saturated heterocycles. The lowest BCUT2D eigenvalue weighted by Crippen LogP contribution is -2.08. The first-order valence-electron chi connectivity index (χ1n) is 4.82. The second-order valence-corrected chi connectivity index (χ2v) is 3.48. The van der Waals surface area contributed by atoms with Crippen LogP contribution in [0.4, 0.5) is 0 Å². The molecule has 1 aliphatic rings. The molecule has 70 valence electrons. The van der Waals surface area contributed by atoms with E-state index in [9.17, 15) is 0 Å². The molecule has 2 N–H and O–H groups in total. The van der Waals surface area contributed by atoms with Crippen LogP contribution in [0.5, 0.6) is 5.75 Å². The van der Waals surface area contributed by atoms with Crippen LogP contribution in [0, 0.1) is 0 Å². The minimum atomic E-state index is 0.172. The van der Waals surface area contributed by atoms with Crippen LogP contribution in [-0.4, -0.2) is 6.61 Å². The summed E-state index contributed by atoms with van der Waals surface area (Å²) >= 11 is 0. The van der Waals surface area contributed by atoms with Crippen LogP contribution < -0.4 is 10.5 Å². The van der Waals surface area contributed by atoms with Gasteiger partial charge in [-0.25, -0.2) is 0 Å². The number of hydrogen-bond acceptors (Lipinski definition) is 2. The molecule has 0 amide bonds. The first kappa shape index (κ1) is 8.57. The van der Waals surface area contributed by atoms with E-state index >= 15 is 0 Å². The molecule has 2 heteroatoms. The zero-order valence-electron chi connectivity index (χ0n) is 7.92. The lowest BCUT2D eigenvalue weighted by Gasteiger charge is -2.09. The summed E-state index contributed by atoms with van der Waals surface area (Å²) < 4.78 is 5.43.